The molecule has 0 aromatic heterocycles. The Morgan fingerprint density at radius 1 is 1.21 bits per heavy atom. The van der Waals surface area contributed by atoms with Crippen LogP contribution < -0.4 is 3.61 Å². The van der Waals surface area contributed by atoms with Crippen LogP contribution in [0.15, 0.2) is 32.0 Å². The van der Waals surface area contributed by atoms with Crippen molar-refractivity contribution in [3.63, 3.8) is 0 Å². The van der Waals surface area contributed by atoms with Crippen LogP contribution >= 0.6 is 59.7 Å². The molecule has 0 heterocycles. The van der Waals surface area contributed by atoms with E-state index < -0.39 is 13.8 Å². The van der Waals surface area contributed by atoms with Crippen molar-refractivity contribution in [1.82, 2.24) is 0 Å². The molecular formula is C14H18Br2ClITe. The maximum atomic E-state index is 5.97. The van der Waals surface area contributed by atoms with Gasteiger partial charge < -0.3 is 0 Å². The van der Waals surface area contributed by atoms with Crippen molar-refractivity contribution in [2.45, 2.75) is 39.0 Å². The van der Waals surface area contributed by atoms with E-state index in [4.69, 9.17) is 11.6 Å². The zero-order valence-corrected chi connectivity index (χ0v) is 19.3. The molecule has 0 bridgehead atoms. The van der Waals surface area contributed by atoms with Crippen molar-refractivity contribution in [3.8, 4) is 0 Å². The normalized spacial score (nSPS) is 13.6. The predicted octanol–water partition coefficient (Wildman–Crippen LogP) is 6.61. The standard InChI is InChI=1S/C14H18Br2ClITe/c1-2-3-4-5-6-14(11-18)19(15,16)13-9-7-12(17)8-10-13/h7-11H,2-6H2,1H3/b14-11+. The van der Waals surface area contributed by atoms with Gasteiger partial charge in [-0.1, -0.05) is 0 Å². The van der Waals surface area contributed by atoms with E-state index in [2.05, 4.69) is 71.2 Å². The number of halogens is 4. The summed E-state index contributed by atoms with van der Waals surface area (Å²) in [5.41, 5.74) is 0. The third-order valence-electron chi connectivity index (χ3n) is 2.84. The molecule has 0 aliphatic carbocycles. The van der Waals surface area contributed by atoms with Crippen molar-refractivity contribution in [2.24, 2.45) is 0 Å². The monoisotopic (exact) mass is 636 g/mol. The fourth-order valence-corrected chi connectivity index (χ4v) is 19.4. The summed E-state index contributed by atoms with van der Waals surface area (Å²) < 4.78 is 5.16. The summed E-state index contributed by atoms with van der Waals surface area (Å²) in [4.78, 5) is 0. The molecule has 0 spiro atoms. The number of hydrogen-bond acceptors (Lipinski definition) is 0. The first-order valence-electron chi connectivity index (χ1n) is 6.29. The first-order chi connectivity index (χ1) is 9.02. The molecule has 0 radical (unpaired) electrons. The van der Waals surface area contributed by atoms with Gasteiger partial charge >= 0.3 is 153 Å². The van der Waals surface area contributed by atoms with E-state index in [1.165, 1.54) is 35.7 Å². The second-order valence-corrected chi connectivity index (χ2v) is 29.7. The van der Waals surface area contributed by atoms with E-state index in [1.54, 1.807) is 3.62 Å². The Morgan fingerprint density at radius 3 is 2.37 bits per heavy atom. The summed E-state index contributed by atoms with van der Waals surface area (Å²) >= 11 is 13.9. The molecule has 1 aromatic rings. The van der Waals surface area contributed by atoms with Crippen molar-refractivity contribution in [1.29, 1.82) is 0 Å². The van der Waals surface area contributed by atoms with Crippen LogP contribution in [0.25, 0.3) is 0 Å². The fraction of sp³-hybridized carbons (Fsp3) is 0.429. The number of benzene rings is 1. The topological polar surface area (TPSA) is 0 Å². The first-order valence-corrected chi connectivity index (χ1v) is 20.7. The molecule has 0 saturated heterocycles. The summed E-state index contributed by atoms with van der Waals surface area (Å²) in [5, 5.41) is 0.797. The maximum absolute atomic E-state index is 5.97. The van der Waals surface area contributed by atoms with Crippen LogP contribution in [-0.2, 0) is 0 Å². The Labute approximate surface area is 151 Å². The summed E-state index contributed by atoms with van der Waals surface area (Å²) in [6.45, 7) is 2.25. The van der Waals surface area contributed by atoms with Crippen molar-refractivity contribution in [3.05, 3.63) is 37.0 Å². The molecule has 0 aliphatic heterocycles. The van der Waals surface area contributed by atoms with Gasteiger partial charge in [0.1, 0.15) is 0 Å². The van der Waals surface area contributed by atoms with Gasteiger partial charge in [0.05, 0.1) is 0 Å². The Bertz CT molecular complexity index is 418. The average molecular weight is 636 g/mol. The zero-order chi connectivity index (χ0) is 14.3. The Morgan fingerprint density at radius 2 is 1.84 bits per heavy atom. The summed E-state index contributed by atoms with van der Waals surface area (Å²) in [5.74, 6) is 0. The first kappa shape index (κ1) is 18.8. The predicted molar refractivity (Wildman–Crippen MR) is 106 cm³/mol. The quantitative estimate of drug-likeness (QED) is 0.180. The van der Waals surface area contributed by atoms with Crippen LogP contribution in [0.2, 0.25) is 5.02 Å². The van der Waals surface area contributed by atoms with E-state index in [9.17, 15) is 0 Å². The van der Waals surface area contributed by atoms with E-state index >= 15 is 0 Å². The number of unbranched alkanes of at least 4 members (excludes halogenated alkanes) is 3. The SMILES string of the molecule is CCCCCC/C(=C\I)[Te](Br)(Br)c1ccc(Cl)cc1. The molecule has 1 aromatic carbocycles. The van der Waals surface area contributed by atoms with Crippen molar-refractivity contribution >= 4 is 77.1 Å². The van der Waals surface area contributed by atoms with Crippen LogP contribution in [-0.4, -0.2) is 13.8 Å². The third kappa shape index (κ3) is 6.16. The van der Waals surface area contributed by atoms with Crippen LogP contribution in [0.3, 0.4) is 0 Å². The van der Waals surface area contributed by atoms with Crippen LogP contribution in [0.1, 0.15) is 39.0 Å². The van der Waals surface area contributed by atoms with E-state index in [-0.39, 0.29) is 0 Å². The molecule has 0 nitrogen and oxygen atoms in total. The van der Waals surface area contributed by atoms with E-state index in [0.29, 0.717) is 0 Å². The molecule has 1 rings (SSSR count). The van der Waals surface area contributed by atoms with Crippen LogP contribution in [0, 0.1) is 0 Å². The fourth-order valence-electron chi connectivity index (χ4n) is 1.72. The molecule has 0 unspecified atom stereocenters. The molecule has 108 valence electrons. The van der Waals surface area contributed by atoms with Gasteiger partial charge in [-0.15, -0.1) is 0 Å². The molecule has 0 amide bonds. The zero-order valence-electron chi connectivity index (χ0n) is 10.8. The molecule has 19 heavy (non-hydrogen) atoms. The van der Waals surface area contributed by atoms with E-state index in [1.807, 2.05) is 12.1 Å². The van der Waals surface area contributed by atoms with Gasteiger partial charge in [0, 0.05) is 0 Å². The Hall–Kier alpha value is 1.73. The minimum atomic E-state index is -2.46. The van der Waals surface area contributed by atoms with Crippen molar-refractivity contribution < 1.29 is 0 Å². The molecule has 0 fully saturated rings. The minimum absolute atomic E-state index is 0.797. The molecule has 0 aliphatic rings. The average Bonchev–Trinajstić information content (AvgIpc) is 2.39. The molecular weight excluding hydrogens is 618 g/mol. The summed E-state index contributed by atoms with van der Waals surface area (Å²) in [7, 11) is 0. The van der Waals surface area contributed by atoms with Crippen LogP contribution in [0.5, 0.6) is 0 Å². The number of hydrogen-bond donors (Lipinski definition) is 0. The van der Waals surface area contributed by atoms with Gasteiger partial charge in [-0.25, -0.2) is 0 Å². The van der Waals surface area contributed by atoms with Crippen molar-refractivity contribution in [2.75, 3.05) is 0 Å². The Kier molecular flexibility index (Phi) is 9.57. The molecule has 0 N–H and O–H groups in total. The second-order valence-electron chi connectivity index (χ2n) is 4.31. The third-order valence-corrected chi connectivity index (χ3v) is 21.0. The Balaban J connectivity index is 2.75. The molecule has 0 saturated carbocycles. The molecule has 5 heteroatoms. The second kappa shape index (κ2) is 9.69. The molecule has 0 atom stereocenters. The van der Waals surface area contributed by atoms with E-state index in [0.717, 1.165) is 5.02 Å². The van der Waals surface area contributed by atoms with Gasteiger partial charge in [0.25, 0.3) is 0 Å². The van der Waals surface area contributed by atoms with Gasteiger partial charge in [-0.05, 0) is 0 Å². The number of rotatable bonds is 7. The van der Waals surface area contributed by atoms with Gasteiger partial charge in [-0.2, -0.15) is 0 Å². The summed E-state index contributed by atoms with van der Waals surface area (Å²) in [6, 6.07) is 8.22. The van der Waals surface area contributed by atoms with Crippen LogP contribution in [0.4, 0.5) is 0 Å². The van der Waals surface area contributed by atoms with Gasteiger partial charge in [-0.3, -0.25) is 0 Å². The van der Waals surface area contributed by atoms with Gasteiger partial charge in [0.15, 0.2) is 0 Å². The number of allylic oxidation sites excluding steroid dienone is 1. The van der Waals surface area contributed by atoms with Gasteiger partial charge in [0.2, 0.25) is 0 Å². The summed E-state index contributed by atoms with van der Waals surface area (Å²) in [6.07, 6.45) is 6.41.